The maximum absolute atomic E-state index is 12.5. The van der Waals surface area contributed by atoms with E-state index in [2.05, 4.69) is 36.8 Å². The number of pyridine rings is 1. The van der Waals surface area contributed by atoms with E-state index < -0.39 is 0 Å². The number of cyclic esters (lactones) is 1. The van der Waals surface area contributed by atoms with E-state index in [0.717, 1.165) is 28.8 Å². The summed E-state index contributed by atoms with van der Waals surface area (Å²) in [6.45, 7) is 0.482. The maximum Gasteiger partial charge on any atom is 0.415 e. The zero-order valence-corrected chi connectivity index (χ0v) is 16.5. The molecule has 1 saturated heterocycles. The minimum absolute atomic E-state index is 0.0508. The number of anilines is 1. The zero-order chi connectivity index (χ0) is 20.9. The molecule has 2 aliphatic heterocycles. The monoisotopic (exact) mass is 415 g/mol. The molecule has 3 aromatic heterocycles. The second-order valence-corrected chi connectivity index (χ2v) is 7.57. The Labute approximate surface area is 176 Å². The van der Waals surface area contributed by atoms with Gasteiger partial charge in [0.25, 0.3) is 0 Å². The molecule has 0 N–H and O–H groups in total. The summed E-state index contributed by atoms with van der Waals surface area (Å²) in [6.07, 6.45) is 5.32. The Bertz CT molecular complexity index is 1270. The van der Waals surface area contributed by atoms with Crippen molar-refractivity contribution in [2.45, 2.75) is 25.1 Å². The van der Waals surface area contributed by atoms with Gasteiger partial charge in [0.2, 0.25) is 5.82 Å². The molecule has 0 radical (unpaired) electrons. The van der Waals surface area contributed by atoms with Crippen molar-refractivity contribution < 1.29 is 9.53 Å². The molecule has 2 atom stereocenters. The molecule has 0 saturated carbocycles. The summed E-state index contributed by atoms with van der Waals surface area (Å²) in [5.74, 6) is 0.487. The average molecular weight is 415 g/mol. The summed E-state index contributed by atoms with van der Waals surface area (Å²) >= 11 is 0. The standard InChI is InChI=1S/C20H17N9O2/c1-27-24-19(23-26-27)15-4-2-13(10-21-15)12-3-5-16-14(8-12)9-17-18(31-20(30)29(16)17)11-28-7-6-22-25-28/h2-8,10,17-18H,9,11H2,1H3/t17-,18-/m0/s1. The van der Waals surface area contributed by atoms with Gasteiger partial charge in [0, 0.05) is 18.0 Å². The second kappa shape index (κ2) is 6.69. The van der Waals surface area contributed by atoms with E-state index in [1.165, 1.54) is 4.80 Å². The van der Waals surface area contributed by atoms with E-state index >= 15 is 0 Å². The van der Waals surface area contributed by atoms with Gasteiger partial charge in [-0.2, -0.15) is 4.80 Å². The van der Waals surface area contributed by atoms with E-state index in [0.29, 0.717) is 18.1 Å². The number of amides is 1. The third-order valence-corrected chi connectivity index (χ3v) is 5.65. The van der Waals surface area contributed by atoms with Crippen LogP contribution in [0.4, 0.5) is 10.5 Å². The third kappa shape index (κ3) is 2.93. The van der Waals surface area contributed by atoms with Crippen LogP contribution in [0, 0.1) is 0 Å². The lowest BCUT2D eigenvalue weighted by Gasteiger charge is -2.16. The number of fused-ring (bicyclic) bond motifs is 3. The lowest BCUT2D eigenvalue weighted by molar-refractivity contribution is 0.117. The van der Waals surface area contributed by atoms with E-state index in [1.54, 1.807) is 35.2 Å². The van der Waals surface area contributed by atoms with Crippen molar-refractivity contribution in [3.05, 3.63) is 54.5 Å². The number of aryl methyl sites for hydroxylation is 1. The smallest absolute Gasteiger partial charge is 0.415 e. The Kier molecular flexibility index (Phi) is 3.82. The zero-order valence-electron chi connectivity index (χ0n) is 16.5. The summed E-state index contributed by atoms with van der Waals surface area (Å²) in [7, 11) is 1.72. The van der Waals surface area contributed by atoms with Gasteiger partial charge in [-0.1, -0.05) is 17.3 Å². The molecule has 4 aromatic rings. The minimum atomic E-state index is -0.316. The molecule has 0 spiro atoms. The van der Waals surface area contributed by atoms with E-state index in [1.807, 2.05) is 24.3 Å². The SMILES string of the molecule is Cn1nnc(-c2ccc(-c3ccc4c(c3)C[C@H]3[C@H](Cn5ccnn5)OC(=O)N43)cn2)n1. The van der Waals surface area contributed by atoms with Crippen LogP contribution in [0.25, 0.3) is 22.6 Å². The first kappa shape index (κ1) is 17.7. The molecule has 6 rings (SSSR count). The maximum atomic E-state index is 12.5. The molecule has 154 valence electrons. The highest BCUT2D eigenvalue weighted by molar-refractivity contribution is 5.94. The lowest BCUT2D eigenvalue weighted by atomic mass is 10.0. The molecule has 0 bridgehead atoms. The van der Waals surface area contributed by atoms with Crippen molar-refractivity contribution in [3.8, 4) is 22.6 Å². The van der Waals surface area contributed by atoms with Gasteiger partial charge in [-0.05, 0) is 41.0 Å². The van der Waals surface area contributed by atoms with Crippen molar-refractivity contribution in [2.75, 3.05) is 4.90 Å². The number of aromatic nitrogens is 8. The number of carbonyl (C=O) groups excluding carboxylic acids is 1. The van der Waals surface area contributed by atoms with Crippen LogP contribution in [0.15, 0.2) is 48.9 Å². The molecule has 0 unspecified atom stereocenters. The number of ether oxygens (including phenoxy) is 1. The first-order valence-electron chi connectivity index (χ1n) is 9.83. The number of tetrazole rings is 1. The summed E-state index contributed by atoms with van der Waals surface area (Å²) in [5, 5.41) is 19.8. The van der Waals surface area contributed by atoms with E-state index in [9.17, 15) is 4.79 Å². The molecular formula is C20H17N9O2. The Morgan fingerprint density at radius 2 is 2.06 bits per heavy atom. The van der Waals surface area contributed by atoms with Crippen LogP contribution in [0.2, 0.25) is 0 Å². The number of benzene rings is 1. The predicted molar refractivity (Wildman–Crippen MR) is 108 cm³/mol. The van der Waals surface area contributed by atoms with Gasteiger partial charge >= 0.3 is 6.09 Å². The number of carbonyl (C=O) groups is 1. The van der Waals surface area contributed by atoms with Crippen LogP contribution in [0.1, 0.15) is 5.56 Å². The van der Waals surface area contributed by atoms with Gasteiger partial charge in [0.15, 0.2) is 0 Å². The third-order valence-electron chi connectivity index (χ3n) is 5.65. The highest BCUT2D eigenvalue weighted by Crippen LogP contribution is 2.40. The summed E-state index contributed by atoms with van der Waals surface area (Å²) in [5.41, 5.74) is 4.68. The van der Waals surface area contributed by atoms with Crippen LogP contribution < -0.4 is 4.90 Å². The Hall–Kier alpha value is -4.15. The van der Waals surface area contributed by atoms with Gasteiger partial charge in [0.1, 0.15) is 11.8 Å². The highest BCUT2D eigenvalue weighted by Gasteiger charge is 2.47. The molecule has 1 amide bonds. The van der Waals surface area contributed by atoms with Crippen molar-refractivity contribution in [2.24, 2.45) is 7.05 Å². The summed E-state index contributed by atoms with van der Waals surface area (Å²) in [6, 6.07) is 9.90. The topological polar surface area (TPSA) is 117 Å². The normalized spacial score (nSPS) is 19.4. The molecule has 2 aliphatic rings. The Balaban J connectivity index is 1.26. The summed E-state index contributed by atoms with van der Waals surface area (Å²) < 4.78 is 7.29. The van der Waals surface area contributed by atoms with Crippen molar-refractivity contribution in [1.82, 2.24) is 40.2 Å². The largest absolute Gasteiger partial charge is 0.442 e. The molecule has 31 heavy (non-hydrogen) atoms. The van der Waals surface area contributed by atoms with Crippen molar-refractivity contribution >= 4 is 11.8 Å². The number of rotatable bonds is 4. The van der Waals surface area contributed by atoms with Gasteiger partial charge in [-0.25, -0.2) is 9.48 Å². The Morgan fingerprint density at radius 3 is 2.81 bits per heavy atom. The fourth-order valence-corrected chi connectivity index (χ4v) is 4.21. The lowest BCUT2D eigenvalue weighted by Crippen LogP contribution is -2.35. The van der Waals surface area contributed by atoms with Crippen LogP contribution in [-0.2, 0) is 24.8 Å². The van der Waals surface area contributed by atoms with E-state index in [-0.39, 0.29) is 18.2 Å². The molecule has 11 heteroatoms. The van der Waals surface area contributed by atoms with Crippen LogP contribution in [-0.4, -0.2) is 58.4 Å². The molecule has 5 heterocycles. The van der Waals surface area contributed by atoms with Gasteiger partial charge < -0.3 is 4.74 Å². The van der Waals surface area contributed by atoms with Gasteiger partial charge in [0.05, 0.1) is 31.5 Å². The fourth-order valence-electron chi connectivity index (χ4n) is 4.21. The quantitative estimate of drug-likeness (QED) is 0.492. The number of nitrogens with zero attached hydrogens (tertiary/aromatic N) is 9. The van der Waals surface area contributed by atoms with Crippen LogP contribution >= 0.6 is 0 Å². The summed E-state index contributed by atoms with van der Waals surface area (Å²) in [4.78, 5) is 20.1. The van der Waals surface area contributed by atoms with Crippen LogP contribution in [0.3, 0.4) is 0 Å². The molecule has 11 nitrogen and oxygen atoms in total. The number of hydrogen-bond donors (Lipinski definition) is 0. The first-order chi connectivity index (χ1) is 15.2. The molecule has 1 aromatic carbocycles. The van der Waals surface area contributed by atoms with Crippen LogP contribution in [0.5, 0.6) is 0 Å². The first-order valence-corrected chi connectivity index (χ1v) is 9.83. The predicted octanol–water partition coefficient (Wildman–Crippen LogP) is 1.48. The van der Waals surface area contributed by atoms with Crippen molar-refractivity contribution in [1.29, 1.82) is 0 Å². The highest BCUT2D eigenvalue weighted by atomic mass is 16.6. The minimum Gasteiger partial charge on any atom is -0.442 e. The second-order valence-electron chi connectivity index (χ2n) is 7.57. The van der Waals surface area contributed by atoms with Gasteiger partial charge in [-0.15, -0.1) is 15.3 Å². The molecule has 1 fully saturated rings. The fraction of sp³-hybridized carbons (Fsp3) is 0.250. The van der Waals surface area contributed by atoms with E-state index in [4.69, 9.17) is 4.74 Å². The molecular weight excluding hydrogens is 398 g/mol. The average Bonchev–Trinajstić information content (AvgIpc) is 3.55. The van der Waals surface area contributed by atoms with Crippen molar-refractivity contribution in [3.63, 3.8) is 0 Å². The van der Waals surface area contributed by atoms with Gasteiger partial charge in [-0.3, -0.25) is 9.88 Å². The number of hydrogen-bond acceptors (Lipinski definition) is 8. The molecule has 0 aliphatic carbocycles. The Morgan fingerprint density at radius 1 is 1.16 bits per heavy atom.